The van der Waals surface area contributed by atoms with Gasteiger partial charge in [0.05, 0.1) is 17.7 Å². The molecule has 1 N–H and O–H groups in total. The first-order valence-corrected chi connectivity index (χ1v) is 11.2. The largest absolute Gasteiger partial charge is 0.342 e. The average molecular weight is 430 g/mol. The molecule has 7 nitrogen and oxygen atoms in total. The predicted molar refractivity (Wildman–Crippen MR) is 121 cm³/mol. The Morgan fingerprint density at radius 1 is 1.09 bits per heavy atom. The molecule has 0 aliphatic carbocycles. The number of fused-ring (bicyclic) bond motifs is 1. The number of aromatic amines is 1. The van der Waals surface area contributed by atoms with Crippen LogP contribution in [-0.4, -0.2) is 50.3 Å². The smallest absolute Gasteiger partial charge is 0.255 e. The summed E-state index contributed by atoms with van der Waals surface area (Å²) in [4.78, 5) is 41.8. The van der Waals surface area contributed by atoms with E-state index in [1.54, 1.807) is 6.20 Å². The fourth-order valence-corrected chi connectivity index (χ4v) is 4.67. The van der Waals surface area contributed by atoms with Gasteiger partial charge in [-0.1, -0.05) is 36.4 Å². The molecule has 2 aliphatic rings. The molecule has 5 rings (SSSR count). The molecular formula is C25H27N5O2. The monoisotopic (exact) mass is 429 g/mol. The second-order valence-corrected chi connectivity index (χ2v) is 8.69. The van der Waals surface area contributed by atoms with Gasteiger partial charge in [0.2, 0.25) is 5.91 Å². The van der Waals surface area contributed by atoms with Crippen LogP contribution in [0, 0.1) is 0 Å². The molecule has 0 radical (unpaired) electrons. The number of nitrogens with zero attached hydrogens (tertiary/aromatic N) is 4. The van der Waals surface area contributed by atoms with Gasteiger partial charge in [0, 0.05) is 57.5 Å². The van der Waals surface area contributed by atoms with Gasteiger partial charge in [-0.15, -0.1) is 0 Å². The number of carbonyl (C=O) groups is 1. The lowest BCUT2D eigenvalue weighted by molar-refractivity contribution is -0.129. The Kier molecular flexibility index (Phi) is 5.81. The lowest BCUT2D eigenvalue weighted by Gasteiger charge is -2.28. The van der Waals surface area contributed by atoms with Crippen molar-refractivity contribution in [2.75, 3.05) is 19.6 Å². The average Bonchev–Trinajstić information content (AvgIpc) is 3.31. The van der Waals surface area contributed by atoms with Crippen molar-refractivity contribution < 1.29 is 4.79 Å². The molecule has 0 spiro atoms. The van der Waals surface area contributed by atoms with Crippen LogP contribution >= 0.6 is 0 Å². The van der Waals surface area contributed by atoms with E-state index in [9.17, 15) is 9.59 Å². The molecule has 1 amide bonds. The van der Waals surface area contributed by atoms with Gasteiger partial charge in [-0.25, -0.2) is 4.98 Å². The zero-order valence-electron chi connectivity index (χ0n) is 18.0. The fraction of sp³-hybridized carbons (Fsp3) is 0.360. The summed E-state index contributed by atoms with van der Waals surface area (Å²) in [5.41, 5.74) is 3.79. The van der Waals surface area contributed by atoms with Crippen LogP contribution < -0.4 is 5.56 Å². The number of carbonyl (C=O) groups excluding carboxylic acids is 1. The molecule has 32 heavy (non-hydrogen) atoms. The van der Waals surface area contributed by atoms with Gasteiger partial charge in [-0.3, -0.25) is 19.5 Å². The summed E-state index contributed by atoms with van der Waals surface area (Å²) in [6.07, 6.45) is 5.64. The number of amides is 1. The number of pyridine rings is 1. The van der Waals surface area contributed by atoms with Gasteiger partial charge < -0.3 is 9.88 Å². The molecule has 1 fully saturated rings. The van der Waals surface area contributed by atoms with Crippen molar-refractivity contribution in [2.24, 2.45) is 0 Å². The first kappa shape index (κ1) is 20.6. The van der Waals surface area contributed by atoms with Crippen molar-refractivity contribution in [3.63, 3.8) is 0 Å². The molecule has 7 heteroatoms. The van der Waals surface area contributed by atoms with Gasteiger partial charge in [0.25, 0.3) is 5.56 Å². The highest BCUT2D eigenvalue weighted by atomic mass is 16.2. The molecule has 4 heterocycles. The van der Waals surface area contributed by atoms with E-state index in [0.717, 1.165) is 54.1 Å². The number of likely N-dealkylation sites (tertiary alicyclic amines) is 1. The quantitative estimate of drug-likeness (QED) is 0.673. The van der Waals surface area contributed by atoms with E-state index in [0.29, 0.717) is 26.1 Å². The highest BCUT2D eigenvalue weighted by Gasteiger charge is 2.30. The third-order valence-corrected chi connectivity index (χ3v) is 6.42. The van der Waals surface area contributed by atoms with Gasteiger partial charge in [-0.05, 0) is 23.6 Å². The van der Waals surface area contributed by atoms with Crippen molar-refractivity contribution in [2.45, 2.75) is 38.3 Å². The van der Waals surface area contributed by atoms with Crippen LogP contribution in [0.25, 0.3) is 0 Å². The molecular weight excluding hydrogens is 402 g/mol. The van der Waals surface area contributed by atoms with E-state index in [1.807, 2.05) is 47.5 Å². The SMILES string of the molecule is O=C(Cc1ccccc1)N1CCC(c2nc3c(c(=O)[nH]2)CN(Cc2cccnc2)CC3)C1. The van der Waals surface area contributed by atoms with Crippen molar-refractivity contribution in [1.29, 1.82) is 0 Å². The Morgan fingerprint density at radius 2 is 1.94 bits per heavy atom. The second-order valence-electron chi connectivity index (χ2n) is 8.69. The van der Waals surface area contributed by atoms with Crippen LogP contribution in [0.2, 0.25) is 0 Å². The maximum atomic E-state index is 12.9. The maximum Gasteiger partial charge on any atom is 0.255 e. The van der Waals surface area contributed by atoms with Crippen LogP contribution in [0.5, 0.6) is 0 Å². The van der Waals surface area contributed by atoms with Crippen LogP contribution in [-0.2, 0) is 30.7 Å². The summed E-state index contributed by atoms with van der Waals surface area (Å²) in [5.74, 6) is 0.940. The minimum atomic E-state index is -0.0463. The molecule has 164 valence electrons. The number of benzene rings is 1. The topological polar surface area (TPSA) is 82.2 Å². The molecule has 2 aromatic heterocycles. The fourth-order valence-electron chi connectivity index (χ4n) is 4.67. The molecule has 1 aromatic carbocycles. The van der Waals surface area contributed by atoms with E-state index in [2.05, 4.69) is 20.9 Å². The minimum Gasteiger partial charge on any atom is -0.342 e. The van der Waals surface area contributed by atoms with E-state index < -0.39 is 0 Å². The standard InChI is InChI=1S/C25H27N5O2/c31-23(13-18-5-2-1-3-6-18)30-12-8-20(16-30)24-27-22-9-11-29(17-21(22)25(32)28-24)15-19-7-4-10-26-14-19/h1-7,10,14,20H,8-9,11-13,15-17H2,(H,27,28,32). The van der Waals surface area contributed by atoms with Gasteiger partial charge >= 0.3 is 0 Å². The molecule has 1 atom stereocenters. The number of nitrogens with one attached hydrogen (secondary N) is 1. The highest BCUT2D eigenvalue weighted by molar-refractivity contribution is 5.79. The van der Waals surface area contributed by atoms with E-state index in [1.165, 1.54) is 0 Å². The molecule has 1 saturated heterocycles. The van der Waals surface area contributed by atoms with Crippen molar-refractivity contribution in [3.05, 3.63) is 93.4 Å². The zero-order valence-corrected chi connectivity index (χ0v) is 18.0. The summed E-state index contributed by atoms with van der Waals surface area (Å²) in [7, 11) is 0. The van der Waals surface area contributed by atoms with Crippen LogP contribution in [0.3, 0.4) is 0 Å². The van der Waals surface area contributed by atoms with Gasteiger partial charge in [0.1, 0.15) is 5.82 Å². The summed E-state index contributed by atoms with van der Waals surface area (Å²) in [6.45, 7) is 3.55. The van der Waals surface area contributed by atoms with Crippen molar-refractivity contribution in [3.8, 4) is 0 Å². The van der Waals surface area contributed by atoms with Crippen molar-refractivity contribution in [1.82, 2.24) is 24.8 Å². The lowest BCUT2D eigenvalue weighted by atomic mass is 10.0. The Bertz CT molecular complexity index is 1150. The summed E-state index contributed by atoms with van der Waals surface area (Å²) in [5, 5.41) is 0. The highest BCUT2D eigenvalue weighted by Crippen LogP contribution is 2.26. The number of aromatic nitrogens is 3. The van der Waals surface area contributed by atoms with Crippen LogP contribution in [0.4, 0.5) is 0 Å². The maximum absolute atomic E-state index is 12.9. The van der Waals surface area contributed by atoms with Crippen LogP contribution in [0.15, 0.2) is 59.7 Å². The number of H-pyrrole nitrogens is 1. The third-order valence-electron chi connectivity index (χ3n) is 6.42. The predicted octanol–water partition coefficient (Wildman–Crippen LogP) is 2.28. The third kappa shape index (κ3) is 4.48. The molecule has 0 saturated carbocycles. The Morgan fingerprint density at radius 3 is 2.75 bits per heavy atom. The lowest BCUT2D eigenvalue weighted by Crippen LogP contribution is -2.36. The molecule has 0 bridgehead atoms. The second kappa shape index (κ2) is 9.04. The van der Waals surface area contributed by atoms with Gasteiger partial charge in [-0.2, -0.15) is 0 Å². The first-order chi connectivity index (χ1) is 15.7. The van der Waals surface area contributed by atoms with E-state index in [4.69, 9.17) is 4.98 Å². The summed E-state index contributed by atoms with van der Waals surface area (Å²) in [6, 6.07) is 13.8. The van der Waals surface area contributed by atoms with Crippen LogP contribution in [0.1, 0.15) is 40.5 Å². The van der Waals surface area contributed by atoms with E-state index in [-0.39, 0.29) is 17.4 Å². The normalized spacial score (nSPS) is 18.5. The Hall–Kier alpha value is -3.32. The van der Waals surface area contributed by atoms with Crippen molar-refractivity contribution >= 4 is 5.91 Å². The molecule has 2 aliphatic heterocycles. The summed E-state index contributed by atoms with van der Waals surface area (Å²) < 4.78 is 0. The number of rotatable bonds is 5. The summed E-state index contributed by atoms with van der Waals surface area (Å²) >= 11 is 0. The van der Waals surface area contributed by atoms with E-state index >= 15 is 0 Å². The minimum absolute atomic E-state index is 0.0463. The van der Waals surface area contributed by atoms with Gasteiger partial charge in [0.15, 0.2) is 0 Å². The Balaban J connectivity index is 1.25. The number of hydrogen-bond acceptors (Lipinski definition) is 5. The molecule has 1 unspecified atom stereocenters. The molecule has 3 aromatic rings. The zero-order chi connectivity index (χ0) is 21.9. The number of hydrogen-bond donors (Lipinski definition) is 1. The first-order valence-electron chi connectivity index (χ1n) is 11.2. The Labute approximate surface area is 187 Å².